The second-order valence-electron chi connectivity index (χ2n) is 9.58. The average Bonchev–Trinajstić information content (AvgIpc) is 3.21. The van der Waals surface area contributed by atoms with E-state index in [1.807, 2.05) is 36.4 Å². The van der Waals surface area contributed by atoms with Gasteiger partial charge in [0, 0.05) is 23.1 Å². The Bertz CT molecular complexity index is 1140. The van der Waals surface area contributed by atoms with Crippen LogP contribution in [0.4, 0.5) is 0 Å². The van der Waals surface area contributed by atoms with E-state index in [4.69, 9.17) is 27.9 Å². The molecule has 1 aromatic heterocycles. The van der Waals surface area contributed by atoms with Gasteiger partial charge in [0.2, 0.25) is 0 Å². The van der Waals surface area contributed by atoms with Crippen molar-refractivity contribution in [3.63, 3.8) is 0 Å². The van der Waals surface area contributed by atoms with Crippen LogP contribution in [0.3, 0.4) is 0 Å². The fraction of sp³-hybridized carbons (Fsp3) is 0.462. The molecule has 1 fully saturated rings. The number of hydrogen-bond acceptors (Lipinski definition) is 3. The van der Waals surface area contributed by atoms with Gasteiger partial charge < -0.3 is 4.74 Å². The summed E-state index contributed by atoms with van der Waals surface area (Å²) in [6, 6.07) is 14.0. The Labute approximate surface area is 204 Å². The van der Waals surface area contributed by atoms with E-state index in [0.717, 1.165) is 34.6 Å². The number of hydrogen-bond donors (Lipinski definition) is 2. The molecule has 176 valence electrons. The van der Waals surface area contributed by atoms with Crippen molar-refractivity contribution in [2.45, 2.75) is 45.6 Å². The van der Waals surface area contributed by atoms with Gasteiger partial charge in [0.15, 0.2) is 0 Å². The van der Waals surface area contributed by atoms with Gasteiger partial charge in [0.05, 0.1) is 6.10 Å². The van der Waals surface area contributed by atoms with E-state index in [1.165, 1.54) is 0 Å². The van der Waals surface area contributed by atoms with Gasteiger partial charge in [-0.2, -0.15) is 5.10 Å². The lowest BCUT2D eigenvalue weighted by Gasteiger charge is -2.47. The Hall–Kier alpha value is -2.08. The minimum absolute atomic E-state index is 0.0375. The standard InChI is InChI=1S/C26H31Cl2N3O2/c1-14(2)23-15(3)11-22(33-4)20(24(23)25-29-26(32)31-30-25)13-18-12-17(7-10-21(18)28)16-5-8-19(27)9-6-16/h5-10,12,14-15,20,22-24H,11,13H2,1-4H3,(H2,29,30,31,32). The molecule has 0 radical (unpaired) electrons. The molecule has 0 aliphatic heterocycles. The number of nitrogens with one attached hydrogen (secondary N) is 2. The molecule has 4 rings (SSSR count). The van der Waals surface area contributed by atoms with E-state index in [2.05, 4.69) is 42.0 Å². The van der Waals surface area contributed by atoms with Crippen LogP contribution in [0.15, 0.2) is 47.3 Å². The lowest BCUT2D eigenvalue weighted by atomic mass is 9.60. The zero-order valence-electron chi connectivity index (χ0n) is 19.4. The van der Waals surface area contributed by atoms with E-state index in [-0.39, 0.29) is 23.6 Å². The normalized spacial score (nSPS) is 25.5. The maximum atomic E-state index is 12.0. The summed E-state index contributed by atoms with van der Waals surface area (Å²) in [5, 5.41) is 8.38. The zero-order valence-corrected chi connectivity index (χ0v) is 21.0. The minimum Gasteiger partial charge on any atom is -0.381 e. The molecule has 1 aliphatic rings. The third kappa shape index (κ3) is 5.06. The molecule has 0 spiro atoms. The molecule has 0 amide bonds. The molecule has 5 atom stereocenters. The van der Waals surface area contributed by atoms with Crippen LogP contribution in [0, 0.1) is 23.7 Å². The average molecular weight is 488 g/mol. The van der Waals surface area contributed by atoms with Crippen LogP contribution < -0.4 is 5.69 Å². The number of aromatic nitrogens is 3. The van der Waals surface area contributed by atoms with Gasteiger partial charge in [-0.05, 0) is 77.5 Å². The first-order chi connectivity index (χ1) is 15.8. The molecule has 2 aromatic carbocycles. The summed E-state index contributed by atoms with van der Waals surface area (Å²) in [6.07, 6.45) is 1.73. The number of methoxy groups -OCH3 is 1. The highest BCUT2D eigenvalue weighted by atomic mass is 35.5. The first-order valence-corrected chi connectivity index (χ1v) is 12.3. The smallest absolute Gasteiger partial charge is 0.340 e. The van der Waals surface area contributed by atoms with Gasteiger partial charge in [0.1, 0.15) is 5.82 Å². The minimum atomic E-state index is -0.277. The molecular weight excluding hydrogens is 457 g/mol. The van der Waals surface area contributed by atoms with E-state index in [9.17, 15) is 4.79 Å². The first-order valence-electron chi connectivity index (χ1n) is 11.5. The summed E-state index contributed by atoms with van der Waals surface area (Å²) in [5.74, 6) is 2.11. The van der Waals surface area contributed by atoms with E-state index < -0.39 is 0 Å². The van der Waals surface area contributed by atoms with Gasteiger partial charge in [-0.15, -0.1) is 0 Å². The van der Waals surface area contributed by atoms with Crippen molar-refractivity contribution in [3.05, 3.63) is 74.4 Å². The number of H-pyrrole nitrogens is 2. The van der Waals surface area contributed by atoms with Crippen molar-refractivity contribution in [1.82, 2.24) is 15.2 Å². The van der Waals surface area contributed by atoms with Crippen LogP contribution in [-0.2, 0) is 11.2 Å². The van der Waals surface area contributed by atoms with Crippen LogP contribution >= 0.6 is 23.2 Å². The number of halogens is 2. The Morgan fingerprint density at radius 2 is 1.82 bits per heavy atom. The predicted octanol–water partition coefficient (Wildman–Crippen LogP) is 6.34. The highest BCUT2D eigenvalue weighted by Crippen LogP contribution is 2.49. The number of ether oxygens (including phenoxy) is 1. The second kappa shape index (κ2) is 10.0. The number of nitrogens with zero attached hydrogens (tertiary/aromatic N) is 1. The van der Waals surface area contributed by atoms with Crippen LogP contribution in [-0.4, -0.2) is 28.4 Å². The van der Waals surface area contributed by atoms with E-state index in [1.54, 1.807) is 7.11 Å². The molecule has 0 bridgehead atoms. The summed E-state index contributed by atoms with van der Waals surface area (Å²) in [5.41, 5.74) is 2.97. The first kappa shape index (κ1) is 24.1. The molecule has 5 nitrogen and oxygen atoms in total. The zero-order chi connectivity index (χ0) is 23.7. The van der Waals surface area contributed by atoms with Crippen molar-refractivity contribution in [2.75, 3.05) is 7.11 Å². The van der Waals surface area contributed by atoms with Crippen molar-refractivity contribution >= 4 is 23.2 Å². The lowest BCUT2D eigenvalue weighted by Crippen LogP contribution is -2.45. The Kier molecular flexibility index (Phi) is 7.32. The SMILES string of the molecule is COC1CC(C)C(C(C)C)C(c2n[nH]c(=O)[nH]2)C1Cc1cc(-c2ccc(Cl)cc2)ccc1Cl. The largest absolute Gasteiger partial charge is 0.381 e. The van der Waals surface area contributed by atoms with Gasteiger partial charge in [0.25, 0.3) is 0 Å². The highest BCUT2D eigenvalue weighted by molar-refractivity contribution is 6.31. The molecule has 0 saturated heterocycles. The van der Waals surface area contributed by atoms with Crippen molar-refractivity contribution < 1.29 is 4.74 Å². The predicted molar refractivity (Wildman–Crippen MR) is 134 cm³/mol. The van der Waals surface area contributed by atoms with Crippen molar-refractivity contribution in [2.24, 2.45) is 23.7 Å². The van der Waals surface area contributed by atoms with Gasteiger partial charge in [-0.3, -0.25) is 4.98 Å². The molecular formula is C26H31Cl2N3O2. The van der Waals surface area contributed by atoms with Crippen molar-refractivity contribution in [3.8, 4) is 11.1 Å². The maximum absolute atomic E-state index is 12.0. The van der Waals surface area contributed by atoms with Gasteiger partial charge in [-0.25, -0.2) is 9.89 Å². The van der Waals surface area contributed by atoms with E-state index >= 15 is 0 Å². The monoisotopic (exact) mass is 487 g/mol. The molecule has 1 saturated carbocycles. The lowest BCUT2D eigenvalue weighted by molar-refractivity contribution is -0.0404. The Balaban J connectivity index is 1.75. The van der Waals surface area contributed by atoms with Crippen LogP contribution in [0.5, 0.6) is 0 Å². The highest BCUT2D eigenvalue weighted by Gasteiger charge is 2.46. The summed E-state index contributed by atoms with van der Waals surface area (Å²) in [6.45, 7) is 6.77. The van der Waals surface area contributed by atoms with Crippen LogP contribution in [0.2, 0.25) is 10.0 Å². The maximum Gasteiger partial charge on any atom is 0.340 e. The fourth-order valence-electron chi connectivity index (χ4n) is 5.80. The molecule has 1 heterocycles. The third-order valence-corrected chi connectivity index (χ3v) is 7.82. The van der Waals surface area contributed by atoms with Crippen LogP contribution in [0.1, 0.15) is 44.5 Å². The second-order valence-corrected chi connectivity index (χ2v) is 10.4. The number of aromatic amines is 2. The molecule has 7 heteroatoms. The van der Waals surface area contributed by atoms with Crippen LogP contribution in [0.25, 0.3) is 11.1 Å². The fourth-order valence-corrected chi connectivity index (χ4v) is 6.12. The van der Waals surface area contributed by atoms with Crippen molar-refractivity contribution in [1.29, 1.82) is 0 Å². The third-order valence-electron chi connectivity index (χ3n) is 7.20. The summed E-state index contributed by atoms with van der Waals surface area (Å²) >= 11 is 12.8. The number of rotatable bonds is 6. The molecule has 3 aromatic rings. The molecule has 2 N–H and O–H groups in total. The van der Waals surface area contributed by atoms with E-state index in [0.29, 0.717) is 28.6 Å². The Morgan fingerprint density at radius 1 is 1.12 bits per heavy atom. The number of benzene rings is 2. The van der Waals surface area contributed by atoms with Gasteiger partial charge >= 0.3 is 5.69 Å². The molecule has 5 unspecified atom stereocenters. The topological polar surface area (TPSA) is 70.8 Å². The molecule has 1 aliphatic carbocycles. The van der Waals surface area contributed by atoms with Gasteiger partial charge in [-0.1, -0.05) is 62.2 Å². The quantitative estimate of drug-likeness (QED) is 0.425. The summed E-state index contributed by atoms with van der Waals surface area (Å²) in [4.78, 5) is 14.9. The molecule has 33 heavy (non-hydrogen) atoms. The summed E-state index contributed by atoms with van der Waals surface area (Å²) in [7, 11) is 1.77. The Morgan fingerprint density at radius 3 is 2.42 bits per heavy atom. The summed E-state index contributed by atoms with van der Waals surface area (Å²) < 4.78 is 6.01.